The molecule has 0 aliphatic carbocycles. The van der Waals surface area contributed by atoms with Crippen molar-refractivity contribution in [1.29, 1.82) is 5.26 Å². The summed E-state index contributed by atoms with van der Waals surface area (Å²) in [5, 5.41) is 11.6. The first-order valence-electron chi connectivity index (χ1n) is 7.78. The molecule has 0 aliphatic heterocycles. The molecular weight excluding hydrogens is 356 g/mol. The Labute approximate surface area is 156 Å². The van der Waals surface area contributed by atoms with Crippen molar-refractivity contribution in [2.45, 2.75) is 20.0 Å². The molecule has 0 aliphatic rings. The number of hydrogen-bond acceptors (Lipinski definition) is 5. The summed E-state index contributed by atoms with van der Waals surface area (Å²) in [6.45, 7) is 3.00. The number of carbonyl (C=O) groups is 2. The predicted molar refractivity (Wildman–Crippen MR) is 97.0 cm³/mol. The first-order valence-corrected chi connectivity index (χ1v) is 8.16. The van der Waals surface area contributed by atoms with E-state index in [0.717, 1.165) is 5.56 Å². The molecule has 2 aromatic carbocycles. The molecule has 7 heteroatoms. The summed E-state index contributed by atoms with van der Waals surface area (Å²) in [6.07, 6.45) is -0.853. The van der Waals surface area contributed by atoms with Crippen molar-refractivity contribution in [3.8, 4) is 11.8 Å². The summed E-state index contributed by atoms with van der Waals surface area (Å²) < 4.78 is 10.4. The number of aryl methyl sites for hydroxylation is 1. The maximum absolute atomic E-state index is 11.9. The van der Waals surface area contributed by atoms with Gasteiger partial charge < -0.3 is 14.8 Å². The fourth-order valence-corrected chi connectivity index (χ4v) is 2.30. The van der Waals surface area contributed by atoms with E-state index in [-0.39, 0.29) is 5.02 Å². The fraction of sp³-hybridized carbons (Fsp3) is 0.211. The molecule has 1 N–H and O–H groups in total. The van der Waals surface area contributed by atoms with Crippen LogP contribution < -0.4 is 10.1 Å². The van der Waals surface area contributed by atoms with E-state index in [1.165, 1.54) is 18.2 Å². The Morgan fingerprint density at radius 1 is 1.27 bits per heavy atom. The summed E-state index contributed by atoms with van der Waals surface area (Å²) >= 11 is 5.89. The second kappa shape index (κ2) is 8.88. The van der Waals surface area contributed by atoms with E-state index in [2.05, 4.69) is 5.32 Å². The van der Waals surface area contributed by atoms with Gasteiger partial charge >= 0.3 is 5.97 Å². The van der Waals surface area contributed by atoms with E-state index in [1.807, 2.05) is 25.1 Å². The number of nitrogens with zero attached hydrogens (tertiary/aromatic N) is 1. The average molecular weight is 373 g/mol. The number of nitriles is 1. The molecule has 0 saturated carbocycles. The maximum atomic E-state index is 11.9. The summed E-state index contributed by atoms with van der Waals surface area (Å²) in [7, 11) is 0. The molecule has 0 radical (unpaired) electrons. The number of anilines is 1. The summed E-state index contributed by atoms with van der Waals surface area (Å²) in [4.78, 5) is 23.8. The van der Waals surface area contributed by atoms with Crippen LogP contribution in [0.1, 0.15) is 18.1 Å². The molecular formula is C19H17ClN2O4. The standard InChI is InChI=1S/C19H17ClN2O4/c1-12-4-3-5-16(8-12)26-13(2)19(24)25-11-18(23)22-15-7-6-14(10-21)17(20)9-15/h3-9,13H,11H2,1-2H3,(H,22,23)/t13-/m1/s1. The van der Waals surface area contributed by atoms with Crippen molar-refractivity contribution in [3.05, 3.63) is 58.6 Å². The normalized spacial score (nSPS) is 11.2. The van der Waals surface area contributed by atoms with Crippen LogP contribution in [-0.2, 0) is 14.3 Å². The van der Waals surface area contributed by atoms with Crippen LogP contribution >= 0.6 is 11.6 Å². The van der Waals surface area contributed by atoms with Gasteiger partial charge in [0, 0.05) is 5.69 Å². The van der Waals surface area contributed by atoms with E-state index in [9.17, 15) is 9.59 Å². The van der Waals surface area contributed by atoms with E-state index in [1.54, 1.807) is 19.1 Å². The Morgan fingerprint density at radius 3 is 2.69 bits per heavy atom. The zero-order chi connectivity index (χ0) is 19.1. The van der Waals surface area contributed by atoms with Gasteiger partial charge in [0.2, 0.25) is 0 Å². The van der Waals surface area contributed by atoms with Crippen molar-refractivity contribution in [1.82, 2.24) is 0 Å². The highest BCUT2D eigenvalue weighted by molar-refractivity contribution is 6.32. The monoisotopic (exact) mass is 372 g/mol. The number of carbonyl (C=O) groups excluding carboxylic acids is 2. The minimum absolute atomic E-state index is 0.225. The summed E-state index contributed by atoms with van der Waals surface area (Å²) in [5.41, 5.74) is 1.71. The fourth-order valence-electron chi connectivity index (χ4n) is 2.08. The van der Waals surface area contributed by atoms with Crippen molar-refractivity contribution in [2.24, 2.45) is 0 Å². The molecule has 0 aromatic heterocycles. The summed E-state index contributed by atoms with van der Waals surface area (Å²) in [5.74, 6) is -0.632. The van der Waals surface area contributed by atoms with Gasteiger partial charge in [0.05, 0.1) is 10.6 Å². The number of rotatable bonds is 6. The molecule has 1 amide bonds. The first-order chi connectivity index (χ1) is 12.4. The van der Waals surface area contributed by atoms with Crippen LogP contribution in [-0.4, -0.2) is 24.6 Å². The number of hydrogen-bond donors (Lipinski definition) is 1. The van der Waals surface area contributed by atoms with Gasteiger partial charge in [-0.1, -0.05) is 23.7 Å². The Kier molecular flexibility index (Phi) is 6.59. The van der Waals surface area contributed by atoms with Gasteiger partial charge in [0.25, 0.3) is 5.91 Å². The summed E-state index contributed by atoms with van der Waals surface area (Å²) in [6, 6.07) is 13.7. The molecule has 134 valence electrons. The molecule has 6 nitrogen and oxygen atoms in total. The third-order valence-electron chi connectivity index (χ3n) is 3.35. The van der Waals surface area contributed by atoms with Crippen molar-refractivity contribution in [2.75, 3.05) is 11.9 Å². The molecule has 0 unspecified atom stereocenters. The van der Waals surface area contributed by atoms with E-state index in [4.69, 9.17) is 26.3 Å². The zero-order valence-corrected chi connectivity index (χ0v) is 15.0. The smallest absolute Gasteiger partial charge is 0.347 e. The Hall–Kier alpha value is -3.04. The van der Waals surface area contributed by atoms with Crippen molar-refractivity contribution < 1.29 is 19.1 Å². The lowest BCUT2D eigenvalue weighted by Crippen LogP contribution is -2.29. The van der Waals surface area contributed by atoms with E-state index >= 15 is 0 Å². The molecule has 0 heterocycles. The van der Waals surface area contributed by atoms with Crippen LogP contribution in [0.3, 0.4) is 0 Å². The van der Waals surface area contributed by atoms with Gasteiger partial charge in [-0.15, -0.1) is 0 Å². The average Bonchev–Trinajstić information content (AvgIpc) is 2.60. The second-order valence-electron chi connectivity index (χ2n) is 5.54. The molecule has 0 bridgehead atoms. The predicted octanol–water partition coefficient (Wildman–Crippen LogP) is 3.47. The maximum Gasteiger partial charge on any atom is 0.347 e. The molecule has 1 atom stereocenters. The van der Waals surface area contributed by atoms with Gasteiger partial charge in [-0.2, -0.15) is 5.26 Å². The molecule has 0 saturated heterocycles. The van der Waals surface area contributed by atoms with E-state index < -0.39 is 24.6 Å². The van der Waals surface area contributed by atoms with Gasteiger partial charge in [-0.25, -0.2) is 4.79 Å². The highest BCUT2D eigenvalue weighted by atomic mass is 35.5. The third-order valence-corrected chi connectivity index (χ3v) is 3.67. The van der Waals surface area contributed by atoms with Crippen molar-refractivity contribution >= 4 is 29.2 Å². The molecule has 26 heavy (non-hydrogen) atoms. The number of benzene rings is 2. The Balaban J connectivity index is 1.83. The number of ether oxygens (including phenoxy) is 2. The number of nitrogens with one attached hydrogen (secondary N) is 1. The third kappa shape index (κ3) is 5.50. The second-order valence-corrected chi connectivity index (χ2v) is 5.95. The van der Waals surface area contributed by atoms with Crippen LogP contribution in [0.25, 0.3) is 0 Å². The number of amides is 1. The minimum Gasteiger partial charge on any atom is -0.479 e. The first kappa shape index (κ1) is 19.3. The lowest BCUT2D eigenvalue weighted by atomic mass is 10.2. The van der Waals surface area contributed by atoms with E-state index in [0.29, 0.717) is 17.0 Å². The van der Waals surface area contributed by atoms with Gasteiger partial charge in [-0.3, -0.25) is 4.79 Å². The molecule has 0 spiro atoms. The minimum atomic E-state index is -0.853. The lowest BCUT2D eigenvalue weighted by Gasteiger charge is -2.14. The van der Waals surface area contributed by atoms with Crippen LogP contribution in [0.4, 0.5) is 5.69 Å². The SMILES string of the molecule is Cc1cccc(O[C@H](C)C(=O)OCC(=O)Nc2ccc(C#N)c(Cl)c2)c1. The quantitative estimate of drug-likeness (QED) is 0.784. The molecule has 2 aromatic rings. The van der Waals surface area contributed by atoms with Gasteiger partial charge in [0.15, 0.2) is 12.7 Å². The Morgan fingerprint density at radius 2 is 2.04 bits per heavy atom. The largest absolute Gasteiger partial charge is 0.479 e. The van der Waals surface area contributed by atoms with Gasteiger partial charge in [0.1, 0.15) is 11.8 Å². The van der Waals surface area contributed by atoms with Crippen LogP contribution in [0.2, 0.25) is 5.02 Å². The highest BCUT2D eigenvalue weighted by Gasteiger charge is 2.18. The van der Waals surface area contributed by atoms with Crippen LogP contribution in [0.15, 0.2) is 42.5 Å². The topological polar surface area (TPSA) is 88.4 Å². The lowest BCUT2D eigenvalue weighted by molar-refractivity contribution is -0.153. The molecule has 0 fully saturated rings. The van der Waals surface area contributed by atoms with Crippen molar-refractivity contribution in [3.63, 3.8) is 0 Å². The van der Waals surface area contributed by atoms with Gasteiger partial charge in [-0.05, 0) is 49.7 Å². The van der Waals surface area contributed by atoms with Crippen LogP contribution in [0, 0.1) is 18.3 Å². The highest BCUT2D eigenvalue weighted by Crippen LogP contribution is 2.20. The number of esters is 1. The number of halogens is 1. The Bertz CT molecular complexity index is 861. The van der Waals surface area contributed by atoms with Crippen LogP contribution in [0.5, 0.6) is 5.75 Å². The molecule has 2 rings (SSSR count). The zero-order valence-electron chi connectivity index (χ0n) is 14.3.